The molecule has 2 aromatic carbocycles. The predicted octanol–water partition coefficient (Wildman–Crippen LogP) is 4.08. The fraction of sp³-hybridized carbons (Fsp3) is 0.375. The summed E-state index contributed by atoms with van der Waals surface area (Å²) in [4.78, 5) is 50.0. The second-order valence-electron chi connectivity index (χ2n) is 10.9. The molecule has 3 aliphatic carbocycles. The Balaban J connectivity index is 1.50. The number of fused-ring (bicyclic) bond motifs is 3. The van der Waals surface area contributed by atoms with Crippen LogP contribution < -0.4 is 0 Å². The van der Waals surface area contributed by atoms with Crippen LogP contribution in [0.4, 0.5) is 0 Å². The summed E-state index contributed by atoms with van der Waals surface area (Å²) in [5.41, 5.74) is 0.0581. The van der Waals surface area contributed by atoms with Gasteiger partial charge in [0.15, 0.2) is 17.2 Å². The van der Waals surface area contributed by atoms with E-state index in [2.05, 4.69) is 0 Å². The minimum atomic E-state index is -2.51. The summed E-state index contributed by atoms with van der Waals surface area (Å²) in [5, 5.41) is 44.3. The summed E-state index contributed by atoms with van der Waals surface area (Å²) < 4.78 is 4.97. The molecule has 0 aromatic heterocycles. The number of rotatable bonds is 7. The molecule has 41 heavy (non-hydrogen) atoms. The molecule has 2 aromatic rings. The van der Waals surface area contributed by atoms with Gasteiger partial charge in [-0.05, 0) is 73.8 Å². The van der Waals surface area contributed by atoms with Gasteiger partial charge in [0.2, 0.25) is 5.78 Å². The van der Waals surface area contributed by atoms with Crippen LogP contribution in [0.25, 0.3) is 16.9 Å². The summed E-state index contributed by atoms with van der Waals surface area (Å²) in [6.45, 7) is 3.20. The first-order valence-corrected chi connectivity index (χ1v) is 13.8. The first-order chi connectivity index (χ1) is 19.5. The van der Waals surface area contributed by atoms with Gasteiger partial charge in [-0.15, -0.1) is 0 Å². The molecule has 0 aliphatic heterocycles. The van der Waals surface area contributed by atoms with Gasteiger partial charge in [-0.2, -0.15) is 0 Å². The van der Waals surface area contributed by atoms with Gasteiger partial charge in [0.1, 0.15) is 22.8 Å². The van der Waals surface area contributed by atoms with Crippen molar-refractivity contribution in [2.24, 2.45) is 11.8 Å². The van der Waals surface area contributed by atoms with Crippen LogP contribution in [0.2, 0.25) is 0 Å². The number of phenolic OH excluding ortho intramolecular Hbond substituents is 1. The number of aliphatic hydroxyl groups is 3. The number of allylic oxidation sites excluding steroid dienone is 1. The zero-order chi connectivity index (χ0) is 29.6. The van der Waals surface area contributed by atoms with Crippen LogP contribution in [0.1, 0.15) is 56.2 Å². The third-order valence-corrected chi connectivity index (χ3v) is 8.47. The molecule has 0 saturated heterocycles. The molecule has 3 atom stereocenters. The van der Waals surface area contributed by atoms with E-state index in [1.54, 1.807) is 13.0 Å². The number of esters is 1. The van der Waals surface area contributed by atoms with E-state index in [0.717, 1.165) is 23.6 Å². The Morgan fingerprint density at radius 3 is 2.39 bits per heavy atom. The summed E-state index contributed by atoms with van der Waals surface area (Å²) in [7, 11) is 0. The normalized spacial score (nSPS) is 23.6. The first-order valence-electron chi connectivity index (χ1n) is 13.8. The Kier molecular flexibility index (Phi) is 7.33. The predicted molar refractivity (Wildman–Crippen MR) is 148 cm³/mol. The maximum Gasteiger partial charge on any atom is 0.305 e. The highest BCUT2D eigenvalue weighted by Crippen LogP contribution is 2.53. The average Bonchev–Trinajstić information content (AvgIpc) is 2.91. The number of aryl methyl sites for hydroxylation is 1. The zero-order valence-corrected chi connectivity index (χ0v) is 22.9. The van der Waals surface area contributed by atoms with E-state index >= 15 is 0 Å². The Bertz CT molecular complexity index is 1530. The van der Waals surface area contributed by atoms with Gasteiger partial charge in [0.05, 0.1) is 12.2 Å². The third-order valence-electron chi connectivity index (χ3n) is 8.47. The van der Waals surface area contributed by atoms with E-state index in [1.807, 2.05) is 24.3 Å². The summed E-state index contributed by atoms with van der Waals surface area (Å²) in [5.74, 6) is -5.84. The molecule has 214 valence electrons. The van der Waals surface area contributed by atoms with Crippen molar-refractivity contribution in [3.8, 4) is 16.9 Å². The standard InChI is InChI=1S/C32H32O9/c1-3-41-25(36)6-4-5-17-7-9-18(10-8-17)21-11-12-23(34)28-22(21)14-19-13-20-15-24(35)26(16(2)33)30(38)32(20,40)31(39)27(19)29(28)37/h7-12,19-20,34,37-38,40H,3-6,13-15H2,1-2H3/t19-,20+,32-/m1/s1. The van der Waals surface area contributed by atoms with Crippen molar-refractivity contribution in [1.82, 2.24) is 0 Å². The second kappa shape index (κ2) is 10.6. The molecule has 5 rings (SSSR count). The smallest absolute Gasteiger partial charge is 0.305 e. The van der Waals surface area contributed by atoms with Crippen molar-refractivity contribution in [3.63, 3.8) is 0 Å². The van der Waals surface area contributed by atoms with Gasteiger partial charge < -0.3 is 25.2 Å². The summed E-state index contributed by atoms with van der Waals surface area (Å²) >= 11 is 0. The van der Waals surface area contributed by atoms with Crippen LogP contribution in [0.15, 0.2) is 53.3 Å². The van der Waals surface area contributed by atoms with Gasteiger partial charge in [-0.1, -0.05) is 30.3 Å². The quantitative estimate of drug-likeness (QED) is 0.289. The number of carbonyl (C=O) groups is 4. The zero-order valence-electron chi connectivity index (χ0n) is 22.9. The van der Waals surface area contributed by atoms with Crippen molar-refractivity contribution in [2.75, 3.05) is 6.61 Å². The molecule has 3 aliphatic rings. The van der Waals surface area contributed by atoms with Gasteiger partial charge in [-0.25, -0.2) is 0 Å². The SMILES string of the molecule is CCOC(=O)CCCc1ccc(-c2ccc(O)c3c2C[C@H]2C[C@H]4CC(=O)C(C(C)=O)=C(O)[C@@]4(O)C(=O)C2=C3O)cc1. The Hall–Kier alpha value is -4.24. The second-order valence-corrected chi connectivity index (χ2v) is 10.9. The molecule has 9 nitrogen and oxygen atoms in total. The fourth-order valence-corrected chi connectivity index (χ4v) is 6.52. The number of ether oxygens (including phenoxy) is 1. The molecule has 0 amide bonds. The Morgan fingerprint density at radius 2 is 1.73 bits per heavy atom. The highest BCUT2D eigenvalue weighted by Gasteiger charge is 2.60. The molecular weight excluding hydrogens is 528 g/mol. The molecule has 1 fully saturated rings. The first kappa shape index (κ1) is 28.3. The lowest BCUT2D eigenvalue weighted by atomic mass is 9.59. The monoisotopic (exact) mass is 560 g/mol. The van der Waals surface area contributed by atoms with Crippen LogP contribution in [0.5, 0.6) is 5.75 Å². The van der Waals surface area contributed by atoms with E-state index in [9.17, 15) is 39.6 Å². The lowest BCUT2D eigenvalue weighted by Gasteiger charge is -2.46. The van der Waals surface area contributed by atoms with E-state index in [1.165, 1.54) is 6.07 Å². The largest absolute Gasteiger partial charge is 0.508 e. The van der Waals surface area contributed by atoms with Gasteiger partial charge >= 0.3 is 5.97 Å². The molecule has 0 unspecified atom stereocenters. The minimum absolute atomic E-state index is 0.0739. The number of phenols is 1. The number of ketones is 3. The molecule has 4 N–H and O–H groups in total. The maximum atomic E-state index is 13.7. The Morgan fingerprint density at radius 1 is 1.02 bits per heavy atom. The highest BCUT2D eigenvalue weighted by molar-refractivity contribution is 6.23. The molecule has 0 heterocycles. The van der Waals surface area contributed by atoms with Gasteiger partial charge in [0, 0.05) is 24.3 Å². The van der Waals surface area contributed by atoms with Crippen LogP contribution in [-0.2, 0) is 36.8 Å². The van der Waals surface area contributed by atoms with E-state index in [4.69, 9.17) is 4.74 Å². The van der Waals surface area contributed by atoms with Crippen LogP contribution >= 0.6 is 0 Å². The van der Waals surface area contributed by atoms with Crippen LogP contribution in [-0.4, -0.2) is 56.0 Å². The Labute approximate surface area is 236 Å². The molecule has 1 saturated carbocycles. The molecular formula is C32H32O9. The number of benzene rings is 2. The van der Waals surface area contributed by atoms with Crippen molar-refractivity contribution in [1.29, 1.82) is 0 Å². The minimum Gasteiger partial charge on any atom is -0.508 e. The van der Waals surface area contributed by atoms with Crippen molar-refractivity contribution in [2.45, 2.75) is 58.0 Å². The lowest BCUT2D eigenvalue weighted by molar-refractivity contribution is -0.147. The summed E-state index contributed by atoms with van der Waals surface area (Å²) in [6, 6.07) is 10.9. The van der Waals surface area contributed by atoms with E-state index in [0.29, 0.717) is 31.4 Å². The number of aromatic hydroxyl groups is 1. The fourth-order valence-electron chi connectivity index (χ4n) is 6.52. The van der Waals surface area contributed by atoms with E-state index < -0.39 is 51.9 Å². The molecule has 0 spiro atoms. The topological polar surface area (TPSA) is 158 Å². The van der Waals surface area contributed by atoms with Crippen LogP contribution in [0, 0.1) is 11.8 Å². The number of Topliss-reactive ketones (excluding diaryl/α,β-unsaturated/α-hetero) is 3. The average molecular weight is 561 g/mol. The van der Waals surface area contributed by atoms with Crippen LogP contribution in [0.3, 0.4) is 0 Å². The third kappa shape index (κ3) is 4.64. The number of carbonyl (C=O) groups excluding carboxylic acids is 4. The van der Waals surface area contributed by atoms with Crippen molar-refractivity contribution < 1.29 is 44.3 Å². The van der Waals surface area contributed by atoms with Gasteiger partial charge in [-0.3, -0.25) is 19.2 Å². The van der Waals surface area contributed by atoms with Gasteiger partial charge in [0.25, 0.3) is 0 Å². The summed E-state index contributed by atoms with van der Waals surface area (Å²) in [6.07, 6.45) is 1.74. The molecule has 0 bridgehead atoms. The van der Waals surface area contributed by atoms with Crippen molar-refractivity contribution in [3.05, 3.63) is 70.0 Å². The van der Waals surface area contributed by atoms with Crippen molar-refractivity contribution >= 4 is 29.1 Å². The number of aliphatic hydroxyl groups excluding tert-OH is 2. The molecule has 0 radical (unpaired) electrons. The highest BCUT2D eigenvalue weighted by atomic mass is 16.5. The maximum absolute atomic E-state index is 13.7. The lowest BCUT2D eigenvalue weighted by Crippen LogP contribution is -2.57. The number of hydrogen-bond donors (Lipinski definition) is 4. The van der Waals surface area contributed by atoms with E-state index in [-0.39, 0.29) is 42.1 Å². The number of hydrogen-bond acceptors (Lipinski definition) is 9. The molecule has 9 heteroatoms.